The molecule has 3 heteroatoms. The number of ether oxygens (including phenoxy) is 1. The molecular formula is C22H22O3. The predicted octanol–water partition coefficient (Wildman–Crippen LogP) is 4.79. The van der Waals surface area contributed by atoms with Gasteiger partial charge in [0.25, 0.3) is 0 Å². The molecule has 1 aliphatic rings. The molecule has 0 bridgehead atoms. The summed E-state index contributed by atoms with van der Waals surface area (Å²) in [5.41, 5.74) is 7.06. The highest BCUT2D eigenvalue weighted by Crippen LogP contribution is 2.35. The zero-order chi connectivity index (χ0) is 17.6. The first-order valence-electron chi connectivity index (χ1n) is 8.81. The molecule has 128 valence electrons. The van der Waals surface area contributed by atoms with Crippen molar-refractivity contribution in [1.29, 1.82) is 0 Å². The zero-order valence-electron chi connectivity index (χ0n) is 14.9. The molecule has 0 radical (unpaired) electrons. The third-order valence-electron chi connectivity index (χ3n) is 5.07. The van der Waals surface area contributed by atoms with Crippen LogP contribution in [0.1, 0.15) is 39.8 Å². The average Bonchev–Trinajstić information content (AvgIpc) is 3.05. The second-order valence-electron chi connectivity index (χ2n) is 7.05. The van der Waals surface area contributed by atoms with Gasteiger partial charge in [-0.2, -0.15) is 0 Å². The van der Waals surface area contributed by atoms with E-state index in [0.29, 0.717) is 12.2 Å². The molecule has 0 fully saturated rings. The number of hydrogen-bond donors (Lipinski definition) is 0. The largest absolute Gasteiger partial charge is 0.488 e. The Labute approximate surface area is 147 Å². The van der Waals surface area contributed by atoms with Crippen LogP contribution in [0.5, 0.6) is 5.75 Å². The van der Waals surface area contributed by atoms with Crippen molar-refractivity contribution in [2.24, 2.45) is 0 Å². The summed E-state index contributed by atoms with van der Waals surface area (Å²) in [6.07, 6.45) is 2.72. The van der Waals surface area contributed by atoms with Gasteiger partial charge in [-0.15, -0.1) is 0 Å². The van der Waals surface area contributed by atoms with Crippen LogP contribution < -0.4 is 10.4 Å². The maximum Gasteiger partial charge on any atom is 0.339 e. The van der Waals surface area contributed by atoms with E-state index in [1.54, 1.807) is 0 Å². The Bertz CT molecular complexity index is 1030. The molecule has 0 N–H and O–H groups in total. The van der Waals surface area contributed by atoms with Gasteiger partial charge in [0.1, 0.15) is 17.9 Å². The first-order chi connectivity index (χ1) is 12.0. The molecule has 0 amide bonds. The van der Waals surface area contributed by atoms with Crippen molar-refractivity contribution in [2.75, 3.05) is 0 Å². The lowest BCUT2D eigenvalue weighted by atomic mass is 10.0. The zero-order valence-corrected chi connectivity index (χ0v) is 14.9. The standard InChI is InChI=1S/C22H22O3/c1-13-7-8-15(3)16(9-13)12-24-19-10-14(2)11-20-21(19)17-5-4-6-18(17)22(23)25-20/h7-11H,4-6,12H2,1-3H3. The molecule has 25 heavy (non-hydrogen) atoms. The highest BCUT2D eigenvalue weighted by molar-refractivity contribution is 5.88. The quantitative estimate of drug-likeness (QED) is 0.647. The van der Waals surface area contributed by atoms with Crippen LogP contribution in [0.25, 0.3) is 11.0 Å². The van der Waals surface area contributed by atoms with Crippen LogP contribution in [-0.4, -0.2) is 0 Å². The lowest BCUT2D eigenvalue weighted by molar-refractivity contribution is 0.308. The van der Waals surface area contributed by atoms with Crippen molar-refractivity contribution in [2.45, 2.75) is 46.6 Å². The van der Waals surface area contributed by atoms with Gasteiger partial charge in [0.2, 0.25) is 0 Å². The number of benzene rings is 2. The molecule has 3 nitrogen and oxygen atoms in total. The van der Waals surface area contributed by atoms with Crippen molar-refractivity contribution >= 4 is 11.0 Å². The summed E-state index contributed by atoms with van der Waals surface area (Å²) < 4.78 is 11.8. The highest BCUT2D eigenvalue weighted by Gasteiger charge is 2.22. The van der Waals surface area contributed by atoms with Crippen molar-refractivity contribution in [1.82, 2.24) is 0 Å². The summed E-state index contributed by atoms with van der Waals surface area (Å²) in [5, 5.41) is 0.975. The Morgan fingerprint density at radius 2 is 1.80 bits per heavy atom. The van der Waals surface area contributed by atoms with E-state index in [4.69, 9.17) is 9.15 Å². The second-order valence-corrected chi connectivity index (χ2v) is 7.05. The lowest BCUT2D eigenvalue weighted by Gasteiger charge is -2.14. The Morgan fingerprint density at radius 3 is 2.64 bits per heavy atom. The van der Waals surface area contributed by atoms with Gasteiger partial charge in [-0.25, -0.2) is 4.79 Å². The van der Waals surface area contributed by atoms with Gasteiger partial charge in [0.15, 0.2) is 0 Å². The monoisotopic (exact) mass is 334 g/mol. The normalized spacial score (nSPS) is 13.2. The smallest absolute Gasteiger partial charge is 0.339 e. The molecule has 0 atom stereocenters. The van der Waals surface area contributed by atoms with Gasteiger partial charge in [-0.1, -0.05) is 23.8 Å². The third kappa shape index (κ3) is 2.84. The summed E-state index contributed by atoms with van der Waals surface area (Å²) in [6.45, 7) is 6.70. The van der Waals surface area contributed by atoms with E-state index < -0.39 is 0 Å². The van der Waals surface area contributed by atoms with Crippen molar-refractivity contribution in [3.63, 3.8) is 0 Å². The molecule has 1 aliphatic carbocycles. The van der Waals surface area contributed by atoms with E-state index in [2.05, 4.69) is 32.0 Å². The molecule has 4 rings (SSSR count). The van der Waals surface area contributed by atoms with Gasteiger partial charge in [0, 0.05) is 5.56 Å². The maximum atomic E-state index is 12.2. The molecule has 2 aromatic carbocycles. The summed E-state index contributed by atoms with van der Waals surface area (Å²) in [7, 11) is 0. The van der Waals surface area contributed by atoms with Gasteiger partial charge in [-0.3, -0.25) is 0 Å². The van der Waals surface area contributed by atoms with E-state index in [9.17, 15) is 4.79 Å². The van der Waals surface area contributed by atoms with Crippen LogP contribution in [0.3, 0.4) is 0 Å². The first kappa shape index (κ1) is 15.9. The van der Waals surface area contributed by atoms with Gasteiger partial charge in [0.05, 0.1) is 5.39 Å². The molecule has 1 heterocycles. The number of hydrogen-bond acceptors (Lipinski definition) is 3. The van der Waals surface area contributed by atoms with E-state index >= 15 is 0 Å². The minimum absolute atomic E-state index is 0.189. The van der Waals surface area contributed by atoms with E-state index in [-0.39, 0.29) is 5.63 Å². The summed E-state index contributed by atoms with van der Waals surface area (Å²) >= 11 is 0. The van der Waals surface area contributed by atoms with Crippen LogP contribution in [0.2, 0.25) is 0 Å². The van der Waals surface area contributed by atoms with Crippen LogP contribution >= 0.6 is 0 Å². The second kappa shape index (κ2) is 6.07. The molecule has 0 unspecified atom stereocenters. The molecule has 0 saturated carbocycles. The Balaban J connectivity index is 1.80. The van der Waals surface area contributed by atoms with Crippen LogP contribution in [0.15, 0.2) is 39.5 Å². The minimum Gasteiger partial charge on any atom is -0.488 e. The predicted molar refractivity (Wildman–Crippen MR) is 99.5 cm³/mol. The highest BCUT2D eigenvalue weighted by atomic mass is 16.5. The third-order valence-corrected chi connectivity index (χ3v) is 5.07. The maximum absolute atomic E-state index is 12.2. The Hall–Kier alpha value is -2.55. The average molecular weight is 334 g/mol. The molecular weight excluding hydrogens is 312 g/mol. The Kier molecular flexibility index (Phi) is 3.87. The number of aryl methyl sites for hydroxylation is 4. The lowest BCUT2D eigenvalue weighted by Crippen LogP contribution is -2.08. The fourth-order valence-electron chi connectivity index (χ4n) is 3.73. The summed E-state index contributed by atoms with van der Waals surface area (Å²) in [5.74, 6) is 0.817. The number of rotatable bonds is 3. The first-order valence-corrected chi connectivity index (χ1v) is 8.81. The van der Waals surface area contributed by atoms with Crippen LogP contribution in [0, 0.1) is 20.8 Å². The van der Waals surface area contributed by atoms with Gasteiger partial charge in [-0.05, 0) is 74.4 Å². The SMILES string of the molecule is Cc1ccc(C)c(COc2cc(C)cc3oc(=O)c4c(c23)CCC4)c1. The van der Waals surface area contributed by atoms with E-state index in [0.717, 1.165) is 47.1 Å². The molecule has 0 saturated heterocycles. The number of fused-ring (bicyclic) bond motifs is 3. The summed E-state index contributed by atoms with van der Waals surface area (Å²) in [6, 6.07) is 10.4. The summed E-state index contributed by atoms with van der Waals surface area (Å²) in [4.78, 5) is 12.2. The van der Waals surface area contributed by atoms with Crippen molar-refractivity contribution in [3.05, 3.63) is 74.1 Å². The van der Waals surface area contributed by atoms with E-state index in [1.165, 1.54) is 16.7 Å². The fraction of sp³-hybridized carbons (Fsp3) is 0.318. The Morgan fingerprint density at radius 1 is 1.00 bits per heavy atom. The van der Waals surface area contributed by atoms with Crippen molar-refractivity contribution in [3.8, 4) is 5.75 Å². The van der Waals surface area contributed by atoms with Gasteiger partial charge >= 0.3 is 5.63 Å². The van der Waals surface area contributed by atoms with Crippen LogP contribution in [0.4, 0.5) is 0 Å². The van der Waals surface area contributed by atoms with Crippen molar-refractivity contribution < 1.29 is 9.15 Å². The molecule has 0 aliphatic heterocycles. The van der Waals surface area contributed by atoms with E-state index in [1.807, 2.05) is 19.1 Å². The molecule has 3 aromatic rings. The topological polar surface area (TPSA) is 39.4 Å². The fourth-order valence-corrected chi connectivity index (χ4v) is 3.73. The van der Waals surface area contributed by atoms with Crippen LogP contribution in [-0.2, 0) is 19.4 Å². The molecule has 0 spiro atoms. The molecule has 1 aromatic heterocycles. The van der Waals surface area contributed by atoms with Gasteiger partial charge < -0.3 is 9.15 Å². The minimum atomic E-state index is -0.189.